The predicted molar refractivity (Wildman–Crippen MR) is 104 cm³/mol. The van der Waals surface area contributed by atoms with Crippen molar-refractivity contribution in [1.29, 1.82) is 0 Å². The first kappa shape index (κ1) is 23.1. The number of hydrogen-bond donors (Lipinski definition) is 6. The van der Waals surface area contributed by atoms with Gasteiger partial charge in [-0.3, -0.25) is 0 Å². The van der Waals surface area contributed by atoms with Crippen molar-refractivity contribution >= 4 is 0 Å². The predicted octanol–water partition coefficient (Wildman–Crippen LogP) is -0.314. The molecular weight excluding hydrogens is 380 g/mol. The molecule has 1 unspecified atom stereocenters. The van der Waals surface area contributed by atoms with Crippen LogP contribution < -0.4 is 0 Å². The van der Waals surface area contributed by atoms with Crippen LogP contribution in [0, 0.1) is 17.3 Å². The summed E-state index contributed by atoms with van der Waals surface area (Å²) in [4.78, 5) is 0. The van der Waals surface area contributed by atoms with Crippen LogP contribution in [-0.2, 0) is 9.47 Å². The molecule has 0 amide bonds. The molecule has 6 N–H and O–H groups in total. The SMILES string of the molecule is CC(C)C1=C[C@@]2(O)[C@H](C)C(O[C@@H]3O[C@H](CO)[C@@H](O)[C@H](O)[C@H]3O)CC[C@]2(C)[C@H](O)C1. The fourth-order valence-electron chi connectivity index (χ4n) is 5.16. The monoisotopic (exact) mass is 416 g/mol. The Bertz CT molecular complexity index is 622. The van der Waals surface area contributed by atoms with E-state index in [1.165, 1.54) is 0 Å². The minimum Gasteiger partial charge on any atom is -0.394 e. The van der Waals surface area contributed by atoms with Crippen molar-refractivity contribution in [2.75, 3.05) is 6.61 Å². The van der Waals surface area contributed by atoms with Gasteiger partial charge in [-0.15, -0.1) is 0 Å². The highest BCUT2D eigenvalue weighted by Crippen LogP contribution is 2.55. The molecule has 3 aliphatic rings. The fourth-order valence-corrected chi connectivity index (χ4v) is 5.16. The molecular formula is C21H36O8. The van der Waals surface area contributed by atoms with Crippen LogP contribution in [0.5, 0.6) is 0 Å². The van der Waals surface area contributed by atoms with E-state index in [0.717, 1.165) is 5.57 Å². The Morgan fingerprint density at radius 2 is 1.83 bits per heavy atom. The van der Waals surface area contributed by atoms with Gasteiger partial charge in [0.05, 0.1) is 24.4 Å². The molecule has 1 heterocycles. The quantitative estimate of drug-likeness (QED) is 0.343. The van der Waals surface area contributed by atoms with Crippen molar-refractivity contribution in [2.24, 2.45) is 17.3 Å². The zero-order chi connectivity index (χ0) is 21.7. The summed E-state index contributed by atoms with van der Waals surface area (Å²) in [6.45, 7) is 7.27. The van der Waals surface area contributed by atoms with Gasteiger partial charge in [-0.25, -0.2) is 0 Å². The van der Waals surface area contributed by atoms with E-state index in [0.29, 0.717) is 19.3 Å². The van der Waals surface area contributed by atoms with Gasteiger partial charge in [0.2, 0.25) is 0 Å². The van der Waals surface area contributed by atoms with Crippen molar-refractivity contribution in [3.05, 3.63) is 11.6 Å². The summed E-state index contributed by atoms with van der Waals surface area (Å²) >= 11 is 0. The van der Waals surface area contributed by atoms with Gasteiger partial charge >= 0.3 is 0 Å². The lowest BCUT2D eigenvalue weighted by atomic mass is 9.52. The Hall–Kier alpha value is -0.580. The molecule has 1 saturated heterocycles. The first-order valence-electron chi connectivity index (χ1n) is 10.5. The van der Waals surface area contributed by atoms with Crippen LogP contribution in [0.3, 0.4) is 0 Å². The molecule has 0 bridgehead atoms. The molecule has 3 rings (SSSR count). The van der Waals surface area contributed by atoms with Crippen LogP contribution in [0.2, 0.25) is 0 Å². The molecule has 1 saturated carbocycles. The average Bonchev–Trinajstić information content (AvgIpc) is 2.67. The van der Waals surface area contributed by atoms with E-state index in [1.807, 2.05) is 33.8 Å². The first-order chi connectivity index (χ1) is 13.5. The Balaban J connectivity index is 1.84. The van der Waals surface area contributed by atoms with Gasteiger partial charge in [0.25, 0.3) is 0 Å². The highest BCUT2D eigenvalue weighted by atomic mass is 16.7. The molecule has 2 aliphatic carbocycles. The maximum absolute atomic E-state index is 11.7. The Kier molecular flexibility index (Phi) is 6.50. The van der Waals surface area contributed by atoms with Gasteiger partial charge in [0.15, 0.2) is 6.29 Å². The van der Waals surface area contributed by atoms with E-state index < -0.39 is 66.5 Å². The first-order valence-corrected chi connectivity index (χ1v) is 10.5. The van der Waals surface area contributed by atoms with Crippen LogP contribution in [-0.4, -0.2) is 85.8 Å². The number of ether oxygens (including phenoxy) is 2. The van der Waals surface area contributed by atoms with Gasteiger partial charge in [-0.1, -0.05) is 39.3 Å². The third-order valence-corrected chi connectivity index (χ3v) is 7.58. The van der Waals surface area contributed by atoms with E-state index in [9.17, 15) is 30.6 Å². The summed E-state index contributed by atoms with van der Waals surface area (Å²) in [7, 11) is 0. The maximum atomic E-state index is 11.7. The van der Waals surface area contributed by atoms with Gasteiger partial charge in [0.1, 0.15) is 24.4 Å². The van der Waals surface area contributed by atoms with Crippen molar-refractivity contribution < 1.29 is 40.1 Å². The normalized spacial score (nSPS) is 50.9. The molecule has 0 aromatic rings. The lowest BCUT2D eigenvalue weighted by Crippen LogP contribution is -2.65. The van der Waals surface area contributed by atoms with Crippen LogP contribution in [0.15, 0.2) is 11.6 Å². The zero-order valence-electron chi connectivity index (χ0n) is 17.6. The minimum absolute atomic E-state index is 0.192. The highest BCUT2D eigenvalue weighted by molar-refractivity contribution is 5.28. The second-order valence-corrected chi connectivity index (χ2v) is 9.54. The van der Waals surface area contributed by atoms with E-state index in [1.54, 1.807) is 0 Å². The van der Waals surface area contributed by atoms with E-state index in [-0.39, 0.29) is 5.92 Å². The largest absolute Gasteiger partial charge is 0.394 e. The molecule has 0 radical (unpaired) electrons. The maximum Gasteiger partial charge on any atom is 0.186 e. The van der Waals surface area contributed by atoms with Gasteiger partial charge in [0, 0.05) is 11.3 Å². The Morgan fingerprint density at radius 1 is 1.17 bits per heavy atom. The molecule has 10 atom stereocenters. The molecule has 8 nitrogen and oxygen atoms in total. The molecule has 1 aliphatic heterocycles. The molecule has 0 aromatic carbocycles. The van der Waals surface area contributed by atoms with E-state index in [2.05, 4.69) is 0 Å². The molecule has 168 valence electrons. The Morgan fingerprint density at radius 3 is 2.41 bits per heavy atom. The fraction of sp³-hybridized carbons (Fsp3) is 0.905. The zero-order valence-corrected chi connectivity index (χ0v) is 17.6. The van der Waals surface area contributed by atoms with Crippen molar-refractivity contribution in [3.63, 3.8) is 0 Å². The van der Waals surface area contributed by atoms with Gasteiger partial charge in [-0.05, 0) is 25.2 Å². The molecule has 2 fully saturated rings. The standard InChI is InChI=1S/C21H36O8/c1-10(2)12-7-15(23)20(4)6-5-13(11(3)21(20,27)8-12)28-19-18(26)17(25)16(24)14(9-22)29-19/h8,10-11,13-19,22-27H,5-7,9H2,1-4H3/t11-,13?,14-,15-,16-,17+,18-,19-,20-,21-/m1/s1. The van der Waals surface area contributed by atoms with E-state index in [4.69, 9.17) is 9.47 Å². The summed E-state index contributed by atoms with van der Waals surface area (Å²) in [5.41, 5.74) is -1.03. The van der Waals surface area contributed by atoms with Crippen molar-refractivity contribution in [1.82, 2.24) is 0 Å². The smallest absolute Gasteiger partial charge is 0.186 e. The number of rotatable bonds is 4. The lowest BCUT2D eigenvalue weighted by molar-refractivity contribution is -0.326. The summed E-state index contributed by atoms with van der Waals surface area (Å²) in [6, 6.07) is 0. The molecule has 0 spiro atoms. The van der Waals surface area contributed by atoms with Gasteiger partial charge < -0.3 is 40.1 Å². The molecule has 29 heavy (non-hydrogen) atoms. The minimum atomic E-state index is -1.51. The number of hydrogen-bond acceptors (Lipinski definition) is 8. The number of fused-ring (bicyclic) bond motifs is 1. The average molecular weight is 417 g/mol. The summed E-state index contributed by atoms with van der Waals surface area (Å²) in [5.74, 6) is -0.227. The number of aliphatic hydroxyl groups excluding tert-OH is 5. The third-order valence-electron chi connectivity index (χ3n) is 7.58. The Labute approximate surface area is 171 Å². The highest BCUT2D eigenvalue weighted by Gasteiger charge is 2.60. The summed E-state index contributed by atoms with van der Waals surface area (Å²) in [5, 5.41) is 62.2. The van der Waals surface area contributed by atoms with Crippen molar-refractivity contribution in [2.45, 2.75) is 95.5 Å². The van der Waals surface area contributed by atoms with E-state index >= 15 is 0 Å². The number of aliphatic hydroxyl groups is 6. The van der Waals surface area contributed by atoms with Crippen LogP contribution in [0.1, 0.15) is 47.0 Å². The van der Waals surface area contributed by atoms with Crippen LogP contribution in [0.25, 0.3) is 0 Å². The van der Waals surface area contributed by atoms with Crippen LogP contribution in [0.4, 0.5) is 0 Å². The summed E-state index contributed by atoms with van der Waals surface area (Å²) < 4.78 is 11.4. The second-order valence-electron chi connectivity index (χ2n) is 9.54. The van der Waals surface area contributed by atoms with Crippen molar-refractivity contribution in [3.8, 4) is 0 Å². The molecule has 0 aromatic heterocycles. The van der Waals surface area contributed by atoms with Gasteiger partial charge in [-0.2, -0.15) is 0 Å². The summed E-state index contributed by atoms with van der Waals surface area (Å²) in [6.07, 6.45) is -4.48. The molecule has 8 heteroatoms. The van der Waals surface area contributed by atoms with Crippen LogP contribution >= 0.6 is 0 Å². The lowest BCUT2D eigenvalue weighted by Gasteiger charge is -2.58. The third kappa shape index (κ3) is 3.68. The topological polar surface area (TPSA) is 140 Å². The second kappa shape index (κ2) is 8.16.